The second kappa shape index (κ2) is 7.00. The molecule has 2 N–H and O–H groups in total. The zero-order valence-electron chi connectivity index (χ0n) is 13.0. The van der Waals surface area contributed by atoms with Gasteiger partial charge in [0.05, 0.1) is 10.5 Å². The third-order valence-corrected chi connectivity index (χ3v) is 5.07. The average Bonchev–Trinajstić information content (AvgIpc) is 2.47. The van der Waals surface area contributed by atoms with Crippen LogP contribution in [-0.4, -0.2) is 14.4 Å². The van der Waals surface area contributed by atoms with Gasteiger partial charge in [-0.1, -0.05) is 22.0 Å². The zero-order chi connectivity index (χ0) is 18.1. The lowest BCUT2D eigenvalue weighted by molar-refractivity contribution is 0.0468. The number of benzene rings is 2. The van der Waals surface area contributed by atoms with Crippen molar-refractivity contribution in [2.75, 3.05) is 0 Å². The first kappa shape index (κ1) is 18.6. The Morgan fingerprint density at radius 3 is 2.50 bits per heavy atom. The van der Waals surface area contributed by atoms with Crippen LogP contribution in [0, 0.1) is 19.7 Å². The maximum Gasteiger partial charge on any atom is 0.338 e. The number of primary sulfonamides is 1. The normalized spacial score (nSPS) is 11.4. The predicted octanol–water partition coefficient (Wildman–Crippen LogP) is 3.21. The van der Waals surface area contributed by atoms with Gasteiger partial charge in [-0.15, -0.1) is 0 Å². The number of nitrogens with two attached hydrogens (primary N) is 1. The number of carbonyl (C=O) groups is 1. The molecule has 128 valence electrons. The number of aryl methyl sites for hydroxylation is 1. The maximum atomic E-state index is 13.7. The van der Waals surface area contributed by atoms with Crippen molar-refractivity contribution in [1.29, 1.82) is 0 Å². The highest BCUT2D eigenvalue weighted by Gasteiger charge is 2.18. The van der Waals surface area contributed by atoms with Crippen LogP contribution >= 0.6 is 15.9 Å². The van der Waals surface area contributed by atoms with Gasteiger partial charge >= 0.3 is 5.97 Å². The van der Waals surface area contributed by atoms with Crippen LogP contribution in [0.2, 0.25) is 0 Å². The third-order valence-electron chi connectivity index (χ3n) is 3.54. The van der Waals surface area contributed by atoms with Gasteiger partial charge in [0.15, 0.2) is 0 Å². The fourth-order valence-corrected chi connectivity index (χ4v) is 3.32. The second-order valence-electron chi connectivity index (χ2n) is 5.27. The van der Waals surface area contributed by atoms with E-state index in [2.05, 4.69) is 15.9 Å². The number of carbonyl (C=O) groups excluding carboxylic acids is 1. The van der Waals surface area contributed by atoms with E-state index in [1.54, 1.807) is 19.9 Å². The first-order chi connectivity index (χ1) is 11.1. The molecule has 24 heavy (non-hydrogen) atoms. The van der Waals surface area contributed by atoms with Crippen molar-refractivity contribution in [1.82, 2.24) is 0 Å². The summed E-state index contributed by atoms with van der Waals surface area (Å²) in [6, 6.07) is 7.05. The van der Waals surface area contributed by atoms with E-state index in [1.165, 1.54) is 18.2 Å². The summed E-state index contributed by atoms with van der Waals surface area (Å²) in [4.78, 5) is 12.0. The second-order valence-corrected chi connectivity index (χ2v) is 7.72. The molecule has 0 aliphatic carbocycles. The lowest BCUT2D eigenvalue weighted by Crippen LogP contribution is -2.16. The average molecular weight is 416 g/mol. The van der Waals surface area contributed by atoms with Crippen molar-refractivity contribution < 1.29 is 22.3 Å². The van der Waals surface area contributed by atoms with Crippen molar-refractivity contribution in [3.8, 4) is 0 Å². The molecule has 8 heteroatoms. The summed E-state index contributed by atoms with van der Waals surface area (Å²) in [7, 11) is -3.96. The van der Waals surface area contributed by atoms with Crippen LogP contribution < -0.4 is 5.14 Å². The molecule has 0 saturated carbocycles. The Hall–Kier alpha value is -1.77. The summed E-state index contributed by atoms with van der Waals surface area (Å²) in [5, 5.41) is 5.16. The molecule has 0 bridgehead atoms. The summed E-state index contributed by atoms with van der Waals surface area (Å²) in [6.07, 6.45) is 0. The van der Waals surface area contributed by atoms with Gasteiger partial charge < -0.3 is 4.74 Å². The fraction of sp³-hybridized carbons (Fsp3) is 0.188. The molecule has 2 aromatic carbocycles. The van der Waals surface area contributed by atoms with Crippen LogP contribution in [0.15, 0.2) is 39.7 Å². The highest BCUT2D eigenvalue weighted by atomic mass is 79.9. The molecule has 0 amide bonds. The molecule has 0 aliphatic rings. The van der Waals surface area contributed by atoms with Gasteiger partial charge in [0, 0.05) is 10.0 Å². The van der Waals surface area contributed by atoms with Gasteiger partial charge in [-0.3, -0.25) is 0 Å². The Labute approximate surface area is 147 Å². The predicted molar refractivity (Wildman–Crippen MR) is 90.5 cm³/mol. The van der Waals surface area contributed by atoms with Crippen LogP contribution in [0.25, 0.3) is 0 Å². The summed E-state index contributed by atoms with van der Waals surface area (Å²) in [5.74, 6) is -1.27. The van der Waals surface area contributed by atoms with Crippen molar-refractivity contribution in [2.45, 2.75) is 25.3 Å². The summed E-state index contributed by atoms with van der Waals surface area (Å²) >= 11 is 3.14. The molecule has 0 unspecified atom stereocenters. The molecule has 0 spiro atoms. The molecule has 0 heterocycles. The van der Waals surface area contributed by atoms with E-state index in [0.717, 1.165) is 6.07 Å². The van der Waals surface area contributed by atoms with Crippen molar-refractivity contribution in [3.63, 3.8) is 0 Å². The number of hydrogen-bond donors (Lipinski definition) is 1. The molecule has 0 fully saturated rings. The first-order valence-corrected chi connectivity index (χ1v) is 9.18. The highest BCUT2D eigenvalue weighted by Crippen LogP contribution is 2.21. The lowest BCUT2D eigenvalue weighted by atomic mass is 10.1. The fourth-order valence-electron chi connectivity index (χ4n) is 2.11. The van der Waals surface area contributed by atoms with Crippen molar-refractivity contribution in [2.24, 2.45) is 5.14 Å². The molecule has 0 radical (unpaired) electrons. The minimum atomic E-state index is -3.96. The SMILES string of the molecule is Cc1cc(C(=O)OCc2ccc(Br)cc2F)cc(S(N)(=O)=O)c1C. The van der Waals surface area contributed by atoms with Crippen molar-refractivity contribution in [3.05, 3.63) is 62.9 Å². The number of halogens is 2. The summed E-state index contributed by atoms with van der Waals surface area (Å²) in [6.45, 7) is 2.99. The van der Waals surface area contributed by atoms with Crippen molar-refractivity contribution >= 4 is 31.9 Å². The van der Waals surface area contributed by atoms with Crippen LogP contribution in [0.5, 0.6) is 0 Å². The lowest BCUT2D eigenvalue weighted by Gasteiger charge is -2.11. The van der Waals surface area contributed by atoms with Crippen LogP contribution in [0.1, 0.15) is 27.0 Å². The van der Waals surface area contributed by atoms with E-state index in [0.29, 0.717) is 15.6 Å². The molecule has 0 saturated heterocycles. The van der Waals surface area contributed by atoms with E-state index in [4.69, 9.17) is 9.88 Å². The Bertz CT molecular complexity index is 913. The molecule has 0 aromatic heterocycles. The van der Waals surface area contributed by atoms with Gasteiger partial charge in [-0.05, 0) is 49.2 Å². The number of sulfonamides is 1. The van der Waals surface area contributed by atoms with Crippen LogP contribution in [0.4, 0.5) is 4.39 Å². The van der Waals surface area contributed by atoms with Crippen LogP contribution in [0.3, 0.4) is 0 Å². The molecular formula is C16H15BrFNO4S. The highest BCUT2D eigenvalue weighted by molar-refractivity contribution is 9.10. The Morgan fingerprint density at radius 1 is 1.25 bits per heavy atom. The van der Waals surface area contributed by atoms with E-state index in [9.17, 15) is 17.6 Å². The number of esters is 1. The largest absolute Gasteiger partial charge is 0.457 e. The number of rotatable bonds is 4. The van der Waals surface area contributed by atoms with E-state index in [1.807, 2.05) is 0 Å². The molecular weight excluding hydrogens is 401 g/mol. The van der Waals surface area contributed by atoms with Gasteiger partial charge in [-0.2, -0.15) is 0 Å². The standard InChI is InChI=1S/C16H15BrFNO4S/c1-9-5-12(6-15(10(9)2)24(19,21)22)16(20)23-8-11-3-4-13(17)7-14(11)18/h3-7H,8H2,1-2H3,(H2,19,21,22). The quantitative estimate of drug-likeness (QED) is 0.776. The third kappa shape index (κ3) is 4.19. The topological polar surface area (TPSA) is 86.5 Å². The maximum absolute atomic E-state index is 13.7. The smallest absolute Gasteiger partial charge is 0.338 e. The number of hydrogen-bond acceptors (Lipinski definition) is 4. The summed E-state index contributed by atoms with van der Waals surface area (Å²) in [5.41, 5.74) is 1.30. The van der Waals surface area contributed by atoms with Gasteiger partial charge in [0.2, 0.25) is 10.0 Å². The molecule has 5 nitrogen and oxygen atoms in total. The molecule has 2 rings (SSSR count). The van der Waals surface area contributed by atoms with E-state index in [-0.39, 0.29) is 22.6 Å². The Balaban J connectivity index is 2.26. The van der Waals surface area contributed by atoms with Crippen LogP contribution in [-0.2, 0) is 21.4 Å². The minimum absolute atomic E-state index is 0.0413. The van der Waals surface area contributed by atoms with E-state index < -0.39 is 21.8 Å². The molecule has 2 aromatic rings. The molecule has 0 atom stereocenters. The Morgan fingerprint density at radius 2 is 1.92 bits per heavy atom. The number of ether oxygens (including phenoxy) is 1. The first-order valence-electron chi connectivity index (χ1n) is 6.84. The van der Waals surface area contributed by atoms with Gasteiger partial charge in [-0.25, -0.2) is 22.7 Å². The van der Waals surface area contributed by atoms with Gasteiger partial charge in [0.1, 0.15) is 12.4 Å². The zero-order valence-corrected chi connectivity index (χ0v) is 15.4. The minimum Gasteiger partial charge on any atom is -0.457 e. The monoisotopic (exact) mass is 415 g/mol. The van der Waals surface area contributed by atoms with Gasteiger partial charge in [0.25, 0.3) is 0 Å². The Kier molecular flexibility index (Phi) is 5.42. The summed E-state index contributed by atoms with van der Waals surface area (Å²) < 4.78 is 42.6. The van der Waals surface area contributed by atoms with E-state index >= 15 is 0 Å². The molecule has 0 aliphatic heterocycles.